The standard InChI is InChI=1S/C10H8N6O2/c11-15-14-10-8(7-2-1-3-12-4-7)5-13-6-9(10)16(17)18/h1-6H,(H2,11,13,14). The Kier molecular flexibility index (Phi) is 3.19. The van der Waals surface area contributed by atoms with E-state index in [1.165, 1.54) is 6.20 Å². The number of nitrogens with two attached hydrogens (primary N) is 1. The molecule has 8 nitrogen and oxygen atoms in total. The maximum Gasteiger partial charge on any atom is 0.315 e. The first-order chi connectivity index (χ1) is 8.74. The fourth-order valence-electron chi connectivity index (χ4n) is 1.47. The predicted octanol–water partition coefficient (Wildman–Crippen LogP) is 2.01. The molecule has 18 heavy (non-hydrogen) atoms. The Morgan fingerprint density at radius 3 is 2.72 bits per heavy atom. The fourth-order valence-corrected chi connectivity index (χ4v) is 1.47. The van der Waals surface area contributed by atoms with Crippen molar-refractivity contribution in [2.75, 3.05) is 0 Å². The van der Waals surface area contributed by atoms with E-state index in [1.54, 1.807) is 24.5 Å². The van der Waals surface area contributed by atoms with E-state index in [1.807, 2.05) is 0 Å². The van der Waals surface area contributed by atoms with E-state index in [4.69, 9.17) is 5.84 Å². The molecular weight excluding hydrogens is 236 g/mol. The molecule has 2 N–H and O–H groups in total. The van der Waals surface area contributed by atoms with E-state index in [0.29, 0.717) is 11.1 Å². The third-order valence-electron chi connectivity index (χ3n) is 2.23. The first-order valence-electron chi connectivity index (χ1n) is 4.87. The van der Waals surface area contributed by atoms with Crippen LogP contribution in [0.4, 0.5) is 11.4 Å². The summed E-state index contributed by atoms with van der Waals surface area (Å²) in [4.78, 5) is 18.1. The van der Waals surface area contributed by atoms with Crippen molar-refractivity contribution in [3.63, 3.8) is 0 Å². The molecule has 2 aromatic heterocycles. The van der Waals surface area contributed by atoms with Gasteiger partial charge in [-0.3, -0.25) is 20.1 Å². The van der Waals surface area contributed by atoms with Crippen molar-refractivity contribution in [3.8, 4) is 11.1 Å². The lowest BCUT2D eigenvalue weighted by Crippen LogP contribution is -1.93. The Morgan fingerprint density at radius 2 is 2.11 bits per heavy atom. The molecule has 0 saturated heterocycles. The highest BCUT2D eigenvalue weighted by Gasteiger charge is 2.19. The van der Waals surface area contributed by atoms with Gasteiger partial charge in [-0.25, -0.2) is 0 Å². The van der Waals surface area contributed by atoms with E-state index < -0.39 is 4.92 Å². The van der Waals surface area contributed by atoms with Crippen molar-refractivity contribution in [2.45, 2.75) is 0 Å². The van der Waals surface area contributed by atoms with Gasteiger partial charge in [-0.2, -0.15) is 0 Å². The Balaban J connectivity index is 2.68. The molecule has 0 fully saturated rings. The summed E-state index contributed by atoms with van der Waals surface area (Å²) in [6.07, 6.45) is 5.70. The van der Waals surface area contributed by atoms with E-state index in [2.05, 4.69) is 20.3 Å². The zero-order valence-electron chi connectivity index (χ0n) is 9.09. The molecule has 0 aliphatic rings. The van der Waals surface area contributed by atoms with Gasteiger partial charge in [0, 0.05) is 29.7 Å². The van der Waals surface area contributed by atoms with Gasteiger partial charge in [0.15, 0.2) is 5.69 Å². The van der Waals surface area contributed by atoms with Crippen LogP contribution in [0.1, 0.15) is 0 Å². The number of nitrogens with zero attached hydrogens (tertiary/aromatic N) is 5. The number of aromatic nitrogens is 2. The molecule has 0 radical (unpaired) electrons. The summed E-state index contributed by atoms with van der Waals surface area (Å²) in [5, 5.41) is 17.6. The molecule has 2 rings (SSSR count). The molecule has 90 valence electrons. The number of nitro groups is 1. The summed E-state index contributed by atoms with van der Waals surface area (Å²) in [5.41, 5.74) is 0.902. The molecule has 0 saturated carbocycles. The monoisotopic (exact) mass is 244 g/mol. The third kappa shape index (κ3) is 2.12. The minimum Gasteiger partial charge on any atom is -0.305 e. The van der Waals surface area contributed by atoms with E-state index >= 15 is 0 Å². The summed E-state index contributed by atoms with van der Waals surface area (Å²) >= 11 is 0. The lowest BCUT2D eigenvalue weighted by Gasteiger charge is -2.03. The highest BCUT2D eigenvalue weighted by molar-refractivity contribution is 5.80. The molecule has 0 spiro atoms. The SMILES string of the molecule is NN=Nc1c(-c2cccnc2)cncc1[N+](=O)[O-]. The van der Waals surface area contributed by atoms with Gasteiger partial charge in [-0.15, -0.1) is 5.11 Å². The number of pyridine rings is 2. The van der Waals surface area contributed by atoms with Crippen LogP contribution in [0.25, 0.3) is 11.1 Å². The Labute approximate surface area is 101 Å². The molecule has 8 heteroatoms. The average Bonchev–Trinajstić information content (AvgIpc) is 2.40. The molecule has 0 unspecified atom stereocenters. The van der Waals surface area contributed by atoms with Crippen LogP contribution in [0.15, 0.2) is 47.3 Å². The van der Waals surface area contributed by atoms with Gasteiger partial charge in [0.1, 0.15) is 6.20 Å². The maximum atomic E-state index is 10.9. The largest absolute Gasteiger partial charge is 0.315 e. The van der Waals surface area contributed by atoms with Crippen LogP contribution < -0.4 is 5.84 Å². The van der Waals surface area contributed by atoms with Crippen LogP contribution in [0, 0.1) is 10.1 Å². The summed E-state index contributed by atoms with van der Waals surface area (Å²) in [5.74, 6) is 4.98. The lowest BCUT2D eigenvalue weighted by atomic mass is 10.1. The van der Waals surface area contributed by atoms with Gasteiger partial charge < -0.3 is 5.84 Å². The molecule has 2 heterocycles. The Morgan fingerprint density at radius 1 is 1.28 bits per heavy atom. The topological polar surface area (TPSA) is 120 Å². The lowest BCUT2D eigenvalue weighted by molar-refractivity contribution is -0.384. The molecule has 0 aliphatic carbocycles. The van der Waals surface area contributed by atoms with E-state index in [-0.39, 0.29) is 11.4 Å². The van der Waals surface area contributed by atoms with Gasteiger partial charge in [0.2, 0.25) is 0 Å². The first-order valence-corrected chi connectivity index (χ1v) is 4.87. The maximum absolute atomic E-state index is 10.9. The van der Waals surface area contributed by atoms with Gasteiger partial charge >= 0.3 is 5.69 Å². The average molecular weight is 244 g/mol. The van der Waals surface area contributed by atoms with Crippen molar-refractivity contribution in [3.05, 3.63) is 47.0 Å². The van der Waals surface area contributed by atoms with Crippen LogP contribution in [0.2, 0.25) is 0 Å². The fraction of sp³-hybridized carbons (Fsp3) is 0. The van der Waals surface area contributed by atoms with Crippen molar-refractivity contribution in [2.24, 2.45) is 16.2 Å². The van der Waals surface area contributed by atoms with Crippen LogP contribution in [-0.2, 0) is 0 Å². The molecule has 2 aromatic rings. The smallest absolute Gasteiger partial charge is 0.305 e. The van der Waals surface area contributed by atoms with Gasteiger partial charge in [0.25, 0.3) is 0 Å². The highest BCUT2D eigenvalue weighted by atomic mass is 16.6. The summed E-state index contributed by atoms with van der Waals surface area (Å²) < 4.78 is 0. The minimum atomic E-state index is -0.586. The van der Waals surface area contributed by atoms with Gasteiger partial charge in [-0.1, -0.05) is 11.3 Å². The number of rotatable bonds is 3. The molecule has 0 amide bonds. The normalized spacial score (nSPS) is 10.7. The van der Waals surface area contributed by atoms with Crippen molar-refractivity contribution in [1.82, 2.24) is 9.97 Å². The van der Waals surface area contributed by atoms with E-state index in [0.717, 1.165) is 6.20 Å². The quantitative estimate of drug-likeness (QED) is 0.383. The van der Waals surface area contributed by atoms with Crippen LogP contribution in [0.3, 0.4) is 0 Å². The second kappa shape index (κ2) is 4.95. The zero-order chi connectivity index (χ0) is 13.0. The van der Waals surface area contributed by atoms with E-state index in [9.17, 15) is 10.1 Å². The molecular formula is C10H8N6O2. The first kappa shape index (κ1) is 11.6. The molecule has 0 bridgehead atoms. The van der Waals surface area contributed by atoms with Crippen molar-refractivity contribution >= 4 is 11.4 Å². The van der Waals surface area contributed by atoms with Crippen LogP contribution in [-0.4, -0.2) is 14.9 Å². The molecule has 0 aromatic carbocycles. The van der Waals surface area contributed by atoms with Gasteiger partial charge in [-0.05, 0) is 6.07 Å². The number of hydrogen-bond donors (Lipinski definition) is 1. The van der Waals surface area contributed by atoms with Crippen molar-refractivity contribution in [1.29, 1.82) is 0 Å². The van der Waals surface area contributed by atoms with Gasteiger partial charge in [0.05, 0.1) is 4.92 Å². The highest BCUT2D eigenvalue weighted by Crippen LogP contribution is 2.36. The third-order valence-corrected chi connectivity index (χ3v) is 2.23. The summed E-state index contributed by atoms with van der Waals surface area (Å²) in [7, 11) is 0. The number of hydrogen-bond acceptors (Lipinski definition) is 6. The summed E-state index contributed by atoms with van der Waals surface area (Å²) in [6, 6.07) is 3.45. The summed E-state index contributed by atoms with van der Waals surface area (Å²) in [6.45, 7) is 0. The predicted molar refractivity (Wildman–Crippen MR) is 62.8 cm³/mol. The molecule has 0 aliphatic heterocycles. The Bertz CT molecular complexity index is 599. The second-order valence-corrected chi connectivity index (χ2v) is 3.27. The zero-order valence-corrected chi connectivity index (χ0v) is 9.09. The molecule has 0 atom stereocenters. The van der Waals surface area contributed by atoms with Crippen LogP contribution in [0.5, 0.6) is 0 Å². The second-order valence-electron chi connectivity index (χ2n) is 3.27. The van der Waals surface area contributed by atoms with Crippen molar-refractivity contribution < 1.29 is 4.92 Å². The van der Waals surface area contributed by atoms with Crippen LogP contribution >= 0.6 is 0 Å². The minimum absolute atomic E-state index is 0.0606. The Hall–Kier alpha value is -2.90.